The van der Waals surface area contributed by atoms with Crippen LogP contribution < -0.4 is 0 Å². The van der Waals surface area contributed by atoms with Crippen molar-refractivity contribution in [1.82, 2.24) is 19.4 Å². The number of ketones is 1. The van der Waals surface area contributed by atoms with Crippen LogP contribution in [0.25, 0.3) is 5.52 Å². The number of rotatable bonds is 3. The minimum absolute atomic E-state index is 0.0458. The molecule has 0 bridgehead atoms. The summed E-state index contributed by atoms with van der Waals surface area (Å²) in [7, 11) is 0. The van der Waals surface area contributed by atoms with Gasteiger partial charge < -0.3 is 0 Å². The molecule has 0 unspecified atom stereocenters. The zero-order chi connectivity index (χ0) is 12.5. The van der Waals surface area contributed by atoms with Gasteiger partial charge in [0.25, 0.3) is 0 Å². The normalized spacial score (nSPS) is 10.9. The summed E-state index contributed by atoms with van der Waals surface area (Å²) in [6.07, 6.45) is 5.07. The molecule has 0 aliphatic carbocycles. The molecule has 0 fully saturated rings. The number of hydrogen-bond donors (Lipinski definition) is 0. The van der Waals surface area contributed by atoms with E-state index in [0.717, 1.165) is 5.52 Å². The molecule has 0 amide bonds. The number of aryl methyl sites for hydroxylation is 1. The molecule has 18 heavy (non-hydrogen) atoms. The molecule has 0 saturated heterocycles. The Morgan fingerprint density at radius 1 is 1.28 bits per heavy atom. The fourth-order valence-electron chi connectivity index (χ4n) is 2.03. The lowest BCUT2D eigenvalue weighted by Crippen LogP contribution is -2.10. The first-order valence-electron chi connectivity index (χ1n) is 5.80. The van der Waals surface area contributed by atoms with E-state index in [1.54, 1.807) is 27.7 Å². The summed E-state index contributed by atoms with van der Waals surface area (Å²) >= 11 is 0. The van der Waals surface area contributed by atoms with Crippen molar-refractivity contribution in [3.8, 4) is 0 Å². The standard InChI is InChI=1S/C13H12N4O/c1-2-16-12(6-7-14-16)13(18)10-9-15-17-8-4-3-5-11(10)17/h3-9H,2H2,1H3. The van der Waals surface area contributed by atoms with Crippen LogP contribution in [0.3, 0.4) is 0 Å². The molecule has 0 aliphatic heterocycles. The molecular weight excluding hydrogens is 228 g/mol. The summed E-state index contributed by atoms with van der Waals surface area (Å²) in [6, 6.07) is 7.39. The molecule has 0 aromatic carbocycles. The largest absolute Gasteiger partial charge is 0.287 e. The van der Waals surface area contributed by atoms with Crippen LogP contribution in [-0.2, 0) is 6.54 Å². The van der Waals surface area contributed by atoms with E-state index < -0.39 is 0 Å². The fourth-order valence-corrected chi connectivity index (χ4v) is 2.03. The Morgan fingerprint density at radius 3 is 3.00 bits per heavy atom. The Labute approximate surface area is 104 Å². The van der Waals surface area contributed by atoms with Gasteiger partial charge in [-0.1, -0.05) is 6.07 Å². The van der Waals surface area contributed by atoms with Crippen LogP contribution in [0.4, 0.5) is 0 Å². The van der Waals surface area contributed by atoms with Gasteiger partial charge in [0, 0.05) is 18.9 Å². The van der Waals surface area contributed by atoms with Gasteiger partial charge in [0.15, 0.2) is 0 Å². The molecule has 0 spiro atoms. The number of nitrogens with zero attached hydrogens (tertiary/aromatic N) is 4. The molecule has 3 rings (SSSR count). The highest BCUT2D eigenvalue weighted by Crippen LogP contribution is 2.15. The van der Waals surface area contributed by atoms with Crippen LogP contribution in [-0.4, -0.2) is 25.2 Å². The number of fused-ring (bicyclic) bond motifs is 1. The molecule has 0 atom stereocenters. The van der Waals surface area contributed by atoms with Crippen molar-refractivity contribution < 1.29 is 4.79 Å². The highest BCUT2D eigenvalue weighted by molar-refractivity contribution is 6.12. The Balaban J connectivity index is 2.13. The maximum Gasteiger partial charge on any atom is 0.214 e. The quantitative estimate of drug-likeness (QED) is 0.656. The first-order chi connectivity index (χ1) is 8.81. The van der Waals surface area contributed by atoms with Crippen molar-refractivity contribution in [1.29, 1.82) is 0 Å². The van der Waals surface area contributed by atoms with Crippen LogP contribution in [0.2, 0.25) is 0 Å². The number of pyridine rings is 1. The van der Waals surface area contributed by atoms with Gasteiger partial charge in [-0.3, -0.25) is 9.48 Å². The van der Waals surface area contributed by atoms with E-state index in [-0.39, 0.29) is 5.78 Å². The number of hydrogen-bond acceptors (Lipinski definition) is 3. The molecule has 3 heterocycles. The molecule has 0 N–H and O–H groups in total. The van der Waals surface area contributed by atoms with Crippen LogP contribution in [0.5, 0.6) is 0 Å². The van der Waals surface area contributed by atoms with Crippen LogP contribution in [0.1, 0.15) is 23.0 Å². The van der Waals surface area contributed by atoms with Gasteiger partial charge in [-0.25, -0.2) is 4.52 Å². The Bertz CT molecular complexity index is 710. The molecule has 90 valence electrons. The maximum atomic E-state index is 12.4. The van der Waals surface area contributed by atoms with Crippen molar-refractivity contribution in [2.45, 2.75) is 13.5 Å². The van der Waals surface area contributed by atoms with E-state index >= 15 is 0 Å². The average molecular weight is 240 g/mol. The Hall–Kier alpha value is -2.43. The highest BCUT2D eigenvalue weighted by atomic mass is 16.1. The summed E-state index contributed by atoms with van der Waals surface area (Å²) in [4.78, 5) is 12.4. The van der Waals surface area contributed by atoms with Gasteiger partial charge in [-0.2, -0.15) is 10.2 Å². The molecule has 0 aliphatic rings. The second-order valence-corrected chi connectivity index (χ2v) is 3.95. The van der Waals surface area contributed by atoms with Crippen molar-refractivity contribution in [3.63, 3.8) is 0 Å². The second-order valence-electron chi connectivity index (χ2n) is 3.95. The van der Waals surface area contributed by atoms with E-state index in [2.05, 4.69) is 10.2 Å². The summed E-state index contributed by atoms with van der Waals surface area (Å²) in [6.45, 7) is 2.63. The molecule has 0 radical (unpaired) electrons. The van der Waals surface area contributed by atoms with Crippen molar-refractivity contribution in [3.05, 3.63) is 54.1 Å². The minimum atomic E-state index is -0.0458. The summed E-state index contributed by atoms with van der Waals surface area (Å²) in [5.41, 5.74) is 2.01. The first-order valence-corrected chi connectivity index (χ1v) is 5.80. The topological polar surface area (TPSA) is 52.2 Å². The van der Waals surface area contributed by atoms with Gasteiger partial charge in [-0.05, 0) is 25.1 Å². The highest BCUT2D eigenvalue weighted by Gasteiger charge is 2.17. The summed E-state index contributed by atoms with van der Waals surface area (Å²) in [5.74, 6) is -0.0458. The predicted molar refractivity (Wildman–Crippen MR) is 66.5 cm³/mol. The number of carbonyl (C=O) groups is 1. The zero-order valence-electron chi connectivity index (χ0n) is 9.95. The van der Waals surface area contributed by atoms with E-state index in [0.29, 0.717) is 17.8 Å². The zero-order valence-corrected chi connectivity index (χ0v) is 9.95. The molecule has 3 aromatic rings. The van der Waals surface area contributed by atoms with Crippen molar-refractivity contribution in [2.24, 2.45) is 0 Å². The molecular formula is C13H12N4O. The van der Waals surface area contributed by atoms with Gasteiger partial charge in [-0.15, -0.1) is 0 Å². The SMILES string of the molecule is CCn1nccc1C(=O)c1cnn2ccccc12. The Kier molecular flexibility index (Phi) is 2.44. The minimum Gasteiger partial charge on any atom is -0.287 e. The molecule has 0 saturated carbocycles. The monoisotopic (exact) mass is 240 g/mol. The molecule has 5 heteroatoms. The molecule has 5 nitrogen and oxygen atoms in total. The maximum absolute atomic E-state index is 12.4. The third-order valence-corrected chi connectivity index (χ3v) is 2.92. The van der Waals surface area contributed by atoms with E-state index in [1.807, 2.05) is 31.3 Å². The smallest absolute Gasteiger partial charge is 0.214 e. The Morgan fingerprint density at radius 2 is 2.17 bits per heavy atom. The lowest BCUT2D eigenvalue weighted by molar-refractivity contribution is 0.103. The third kappa shape index (κ3) is 1.52. The van der Waals surface area contributed by atoms with E-state index in [9.17, 15) is 4.79 Å². The van der Waals surface area contributed by atoms with Crippen LogP contribution in [0.15, 0.2) is 42.9 Å². The predicted octanol–water partition coefficient (Wildman–Crippen LogP) is 1.78. The summed E-state index contributed by atoms with van der Waals surface area (Å²) < 4.78 is 3.38. The van der Waals surface area contributed by atoms with Crippen LogP contribution >= 0.6 is 0 Å². The van der Waals surface area contributed by atoms with Gasteiger partial charge >= 0.3 is 0 Å². The van der Waals surface area contributed by atoms with E-state index in [1.165, 1.54) is 0 Å². The number of carbonyl (C=O) groups excluding carboxylic acids is 1. The second kappa shape index (κ2) is 4.10. The lowest BCUT2D eigenvalue weighted by Gasteiger charge is -2.02. The average Bonchev–Trinajstić information content (AvgIpc) is 3.04. The third-order valence-electron chi connectivity index (χ3n) is 2.92. The first kappa shape index (κ1) is 10.7. The van der Waals surface area contributed by atoms with Gasteiger partial charge in [0.05, 0.1) is 17.3 Å². The summed E-state index contributed by atoms with van der Waals surface area (Å²) in [5, 5.41) is 8.29. The number of aromatic nitrogens is 4. The lowest BCUT2D eigenvalue weighted by atomic mass is 10.1. The fraction of sp³-hybridized carbons (Fsp3) is 0.154. The van der Waals surface area contributed by atoms with Crippen molar-refractivity contribution in [2.75, 3.05) is 0 Å². The van der Waals surface area contributed by atoms with Gasteiger partial charge in [0.2, 0.25) is 5.78 Å². The van der Waals surface area contributed by atoms with E-state index in [4.69, 9.17) is 0 Å². The van der Waals surface area contributed by atoms with Crippen molar-refractivity contribution >= 4 is 11.3 Å². The molecule has 3 aromatic heterocycles. The van der Waals surface area contributed by atoms with Gasteiger partial charge in [0.1, 0.15) is 5.69 Å². The van der Waals surface area contributed by atoms with Crippen LogP contribution in [0, 0.1) is 0 Å².